The van der Waals surface area contributed by atoms with Gasteiger partial charge in [0.15, 0.2) is 0 Å². The zero-order valence-electron chi connectivity index (χ0n) is 8.16. The second-order valence-electron chi connectivity index (χ2n) is 4.43. The van der Waals surface area contributed by atoms with Gasteiger partial charge >= 0.3 is 5.97 Å². The number of carbonyl (C=O) groups is 1. The van der Waals surface area contributed by atoms with Gasteiger partial charge in [0, 0.05) is 6.61 Å². The van der Waals surface area contributed by atoms with Gasteiger partial charge in [0.25, 0.3) is 0 Å². The summed E-state index contributed by atoms with van der Waals surface area (Å²) < 4.78 is 5.20. The van der Waals surface area contributed by atoms with Gasteiger partial charge < -0.3 is 14.9 Å². The molecule has 0 amide bonds. The van der Waals surface area contributed by atoms with Crippen LogP contribution < -0.4 is 0 Å². The Morgan fingerprint density at radius 3 is 2.29 bits per heavy atom. The van der Waals surface area contributed by atoms with E-state index in [4.69, 9.17) is 4.74 Å². The minimum absolute atomic E-state index is 0.180. The Bertz CT molecular complexity index is 239. The maximum atomic E-state index is 11.2. The first-order chi connectivity index (χ1) is 6.61. The number of carboxylic acids is 1. The van der Waals surface area contributed by atoms with Crippen molar-refractivity contribution in [2.75, 3.05) is 13.2 Å². The molecule has 14 heavy (non-hydrogen) atoms. The second-order valence-corrected chi connectivity index (χ2v) is 4.43. The molecule has 0 radical (unpaired) electrons. The number of aliphatic hydroxyl groups is 1. The summed E-state index contributed by atoms with van der Waals surface area (Å²) in [5.74, 6) is -0.864. The quantitative estimate of drug-likeness (QED) is 0.691. The van der Waals surface area contributed by atoms with E-state index in [1.165, 1.54) is 0 Å². The van der Waals surface area contributed by atoms with Crippen molar-refractivity contribution < 1.29 is 19.7 Å². The molecule has 2 fully saturated rings. The van der Waals surface area contributed by atoms with Crippen LogP contribution in [0.5, 0.6) is 0 Å². The molecule has 0 aromatic rings. The molecule has 1 heterocycles. The fraction of sp³-hybridized carbons (Fsp3) is 0.900. The van der Waals surface area contributed by atoms with Gasteiger partial charge in [-0.05, 0) is 25.7 Å². The summed E-state index contributed by atoms with van der Waals surface area (Å²) in [6, 6.07) is 0. The molecule has 1 unspecified atom stereocenters. The molecular weight excluding hydrogens is 184 g/mol. The van der Waals surface area contributed by atoms with Crippen molar-refractivity contribution in [1.82, 2.24) is 0 Å². The molecule has 1 atom stereocenters. The van der Waals surface area contributed by atoms with E-state index < -0.39 is 17.0 Å². The van der Waals surface area contributed by atoms with E-state index in [0.717, 1.165) is 12.8 Å². The number of hydrogen-bond acceptors (Lipinski definition) is 3. The Morgan fingerprint density at radius 2 is 1.93 bits per heavy atom. The first-order valence-corrected chi connectivity index (χ1v) is 5.14. The van der Waals surface area contributed by atoms with Gasteiger partial charge in [0.1, 0.15) is 5.60 Å². The van der Waals surface area contributed by atoms with Crippen LogP contribution in [0.2, 0.25) is 0 Å². The largest absolute Gasteiger partial charge is 0.481 e. The molecule has 4 heteroatoms. The summed E-state index contributed by atoms with van der Waals surface area (Å²) in [5.41, 5.74) is -2.05. The Balaban J connectivity index is 2.21. The number of carboxylic acid groups (broad SMARTS) is 1. The third-order valence-corrected chi connectivity index (χ3v) is 3.73. The van der Waals surface area contributed by atoms with Crippen LogP contribution in [0, 0.1) is 5.41 Å². The molecule has 1 aliphatic heterocycles. The van der Waals surface area contributed by atoms with Gasteiger partial charge in [0.05, 0.1) is 12.0 Å². The van der Waals surface area contributed by atoms with E-state index in [9.17, 15) is 15.0 Å². The first kappa shape index (κ1) is 9.93. The van der Waals surface area contributed by atoms with Crippen molar-refractivity contribution in [3.63, 3.8) is 0 Å². The van der Waals surface area contributed by atoms with Crippen LogP contribution in [-0.4, -0.2) is 35.0 Å². The predicted molar refractivity (Wildman–Crippen MR) is 48.9 cm³/mol. The van der Waals surface area contributed by atoms with Crippen LogP contribution in [0.15, 0.2) is 0 Å². The fourth-order valence-corrected chi connectivity index (χ4v) is 2.57. The van der Waals surface area contributed by atoms with Gasteiger partial charge in [0.2, 0.25) is 0 Å². The van der Waals surface area contributed by atoms with Crippen molar-refractivity contribution in [1.29, 1.82) is 0 Å². The van der Waals surface area contributed by atoms with E-state index in [-0.39, 0.29) is 6.61 Å². The Hall–Kier alpha value is -0.610. The summed E-state index contributed by atoms with van der Waals surface area (Å²) in [7, 11) is 0. The molecule has 0 bridgehead atoms. The van der Waals surface area contributed by atoms with Crippen LogP contribution in [0.1, 0.15) is 32.1 Å². The van der Waals surface area contributed by atoms with Crippen LogP contribution in [0.3, 0.4) is 0 Å². The molecular formula is C10H16O4. The molecule has 2 aliphatic rings. The lowest BCUT2D eigenvalue weighted by Gasteiger charge is -2.51. The lowest BCUT2D eigenvalue weighted by molar-refractivity contribution is -0.208. The van der Waals surface area contributed by atoms with Crippen molar-refractivity contribution >= 4 is 5.97 Å². The van der Waals surface area contributed by atoms with Crippen molar-refractivity contribution in [3.8, 4) is 0 Å². The third kappa shape index (κ3) is 1.17. The van der Waals surface area contributed by atoms with Gasteiger partial charge in [-0.3, -0.25) is 4.79 Å². The smallest absolute Gasteiger partial charge is 0.312 e. The maximum absolute atomic E-state index is 11.2. The highest BCUT2D eigenvalue weighted by Crippen LogP contribution is 2.52. The molecule has 0 aromatic carbocycles. The maximum Gasteiger partial charge on any atom is 0.312 e. The Morgan fingerprint density at radius 1 is 1.21 bits per heavy atom. The van der Waals surface area contributed by atoms with Gasteiger partial charge in [-0.25, -0.2) is 0 Å². The molecule has 2 N–H and O–H groups in total. The standard InChI is InChI=1S/C10H16O4/c11-8(12)9(3-1-4-9)10(13)5-2-6-14-7-10/h13H,1-7H2,(H,11,12). The number of hydrogen-bond donors (Lipinski definition) is 2. The van der Waals surface area contributed by atoms with E-state index in [1.54, 1.807) is 0 Å². The molecule has 1 aliphatic carbocycles. The predicted octanol–water partition coefficient (Wildman–Crippen LogP) is 0.783. The zero-order chi connectivity index (χ0) is 10.2. The van der Waals surface area contributed by atoms with Crippen LogP contribution in [0.25, 0.3) is 0 Å². The van der Waals surface area contributed by atoms with Crippen LogP contribution >= 0.6 is 0 Å². The lowest BCUT2D eigenvalue weighted by atomic mass is 9.57. The molecule has 1 saturated heterocycles. The van der Waals surface area contributed by atoms with E-state index in [0.29, 0.717) is 25.9 Å². The van der Waals surface area contributed by atoms with E-state index >= 15 is 0 Å². The highest BCUT2D eigenvalue weighted by molar-refractivity contribution is 5.77. The number of rotatable bonds is 2. The van der Waals surface area contributed by atoms with Crippen molar-refractivity contribution in [3.05, 3.63) is 0 Å². The molecule has 80 valence electrons. The molecule has 0 aromatic heterocycles. The monoisotopic (exact) mass is 200 g/mol. The topological polar surface area (TPSA) is 66.8 Å². The summed E-state index contributed by atoms with van der Waals surface area (Å²) >= 11 is 0. The summed E-state index contributed by atoms with van der Waals surface area (Å²) in [6.07, 6.45) is 3.38. The van der Waals surface area contributed by atoms with E-state index in [1.807, 2.05) is 0 Å². The summed E-state index contributed by atoms with van der Waals surface area (Å²) in [5, 5.41) is 19.5. The van der Waals surface area contributed by atoms with Crippen molar-refractivity contribution in [2.24, 2.45) is 5.41 Å². The number of ether oxygens (including phenoxy) is 1. The Kier molecular flexibility index (Phi) is 2.27. The first-order valence-electron chi connectivity index (χ1n) is 5.14. The molecule has 1 saturated carbocycles. The molecule has 2 rings (SSSR count). The van der Waals surface area contributed by atoms with Crippen molar-refractivity contribution in [2.45, 2.75) is 37.7 Å². The fourth-order valence-electron chi connectivity index (χ4n) is 2.57. The lowest BCUT2D eigenvalue weighted by Crippen LogP contribution is -2.61. The summed E-state index contributed by atoms with van der Waals surface area (Å²) in [6.45, 7) is 0.817. The van der Waals surface area contributed by atoms with Crippen LogP contribution in [0.4, 0.5) is 0 Å². The minimum Gasteiger partial charge on any atom is -0.481 e. The summed E-state index contributed by atoms with van der Waals surface area (Å²) in [4.78, 5) is 11.2. The van der Waals surface area contributed by atoms with Gasteiger partial charge in [-0.2, -0.15) is 0 Å². The molecule has 4 nitrogen and oxygen atoms in total. The second kappa shape index (κ2) is 3.21. The number of aliphatic carboxylic acids is 1. The highest BCUT2D eigenvalue weighted by atomic mass is 16.5. The van der Waals surface area contributed by atoms with E-state index in [2.05, 4.69) is 0 Å². The average molecular weight is 200 g/mol. The highest BCUT2D eigenvalue weighted by Gasteiger charge is 2.59. The minimum atomic E-state index is -1.13. The zero-order valence-corrected chi connectivity index (χ0v) is 8.16. The van der Waals surface area contributed by atoms with Gasteiger partial charge in [-0.1, -0.05) is 6.42 Å². The Labute approximate surface area is 82.9 Å². The average Bonchev–Trinajstić information content (AvgIpc) is 2.01. The SMILES string of the molecule is O=C(O)C1(C2(O)CCCOC2)CCC1. The normalized spacial score (nSPS) is 36.1. The van der Waals surface area contributed by atoms with Crippen LogP contribution in [-0.2, 0) is 9.53 Å². The van der Waals surface area contributed by atoms with Gasteiger partial charge in [-0.15, -0.1) is 0 Å². The molecule has 0 spiro atoms. The third-order valence-electron chi connectivity index (χ3n) is 3.73.